The van der Waals surface area contributed by atoms with Crippen LogP contribution in [0.5, 0.6) is 0 Å². The Labute approximate surface area is 142 Å². The van der Waals surface area contributed by atoms with E-state index >= 15 is 0 Å². The van der Waals surface area contributed by atoms with Crippen molar-refractivity contribution in [2.24, 2.45) is 0 Å². The molecule has 2 N–H and O–H groups in total. The zero-order valence-electron chi connectivity index (χ0n) is 11.8. The van der Waals surface area contributed by atoms with Crippen LogP contribution in [0.15, 0.2) is 0 Å². The van der Waals surface area contributed by atoms with E-state index in [4.69, 9.17) is 5.21 Å². The first-order valence-electron chi connectivity index (χ1n) is 5.49. The number of hydroxylamine groups is 1. The van der Waals surface area contributed by atoms with Crippen molar-refractivity contribution in [1.29, 1.82) is 0 Å². The summed E-state index contributed by atoms with van der Waals surface area (Å²) in [5, 5.41) is 8.45. The summed E-state index contributed by atoms with van der Waals surface area (Å²) in [5.74, 6) is -0.991. The molecule has 0 aliphatic carbocycles. The Hall–Kier alpha value is 0.444. The molecule has 0 radical (unpaired) electrons. The van der Waals surface area contributed by atoms with E-state index in [2.05, 4.69) is 20.8 Å². The average molecular weight is 368 g/mol. The Morgan fingerprint density at radius 1 is 1.26 bits per heavy atom. The molecule has 0 saturated heterocycles. The normalized spacial score (nSPS) is 11.2. The largest absolute Gasteiger partial charge is 3.00 e. The maximum atomic E-state index is 11.9. The van der Waals surface area contributed by atoms with E-state index in [9.17, 15) is 13.2 Å². The summed E-state index contributed by atoms with van der Waals surface area (Å²) in [6, 6.07) is 0. The van der Waals surface area contributed by atoms with Crippen LogP contribution >= 0.6 is 0 Å². The Kier molecular flexibility index (Phi) is 14.3. The molecule has 0 aromatic heterocycles. The topological polar surface area (TPSA) is 86.7 Å². The molecule has 0 aromatic carbocycles. The van der Waals surface area contributed by atoms with Crippen molar-refractivity contribution in [3.8, 4) is 0 Å². The molecule has 0 aliphatic rings. The van der Waals surface area contributed by atoms with Crippen molar-refractivity contribution in [2.75, 3.05) is 13.1 Å². The molecule has 0 atom stereocenters. The molecule has 0 fully saturated rings. The number of carbonyl (C=O) groups is 1. The Morgan fingerprint density at radius 2 is 1.58 bits per heavy atom. The molecule has 6 nitrogen and oxygen atoms in total. The van der Waals surface area contributed by atoms with Crippen molar-refractivity contribution in [3.63, 3.8) is 0 Å². The standard InChI is InChI=1S/C8H16N2O4S.C3H7.Y/c1-5-10(6-2)15(13,14)8(3,4)7(11)9-12;1-3-2;/h12H,1-2,5-6H2,3-4H3,(H,9,11);1,3H2,2H3;/q-2;-1;+3. The fraction of sp³-hybridized carbons (Fsp3) is 0.636. The van der Waals surface area contributed by atoms with Gasteiger partial charge in [0.1, 0.15) is 0 Å². The molecule has 0 bridgehead atoms. The van der Waals surface area contributed by atoms with Gasteiger partial charge in [-0.25, -0.2) is 13.9 Å². The second-order valence-corrected chi connectivity index (χ2v) is 6.34. The third-order valence-corrected chi connectivity index (χ3v) is 4.65. The van der Waals surface area contributed by atoms with E-state index in [1.54, 1.807) is 0 Å². The zero-order valence-corrected chi connectivity index (χ0v) is 15.5. The smallest absolute Gasteiger partial charge is 0.344 e. The molecule has 19 heavy (non-hydrogen) atoms. The monoisotopic (exact) mass is 368 g/mol. The summed E-state index contributed by atoms with van der Waals surface area (Å²) in [7, 11) is -3.88. The first kappa shape index (κ1) is 24.5. The maximum Gasteiger partial charge on any atom is 3.00 e. The van der Waals surface area contributed by atoms with Gasteiger partial charge < -0.3 is 20.8 Å². The van der Waals surface area contributed by atoms with Gasteiger partial charge in [-0.3, -0.25) is 14.3 Å². The van der Waals surface area contributed by atoms with E-state index in [1.165, 1.54) is 19.3 Å². The summed E-state index contributed by atoms with van der Waals surface area (Å²) < 4.78 is 23.0. The molecule has 8 heteroatoms. The van der Waals surface area contributed by atoms with Crippen LogP contribution in [0.25, 0.3) is 0 Å². The summed E-state index contributed by atoms with van der Waals surface area (Å²) >= 11 is 0. The minimum absolute atomic E-state index is 0. The predicted molar refractivity (Wildman–Crippen MR) is 70.9 cm³/mol. The number of rotatable bonds is 5. The van der Waals surface area contributed by atoms with E-state index in [-0.39, 0.29) is 45.8 Å². The molecule has 0 rings (SSSR count). The van der Waals surface area contributed by atoms with Gasteiger partial charge in [-0.1, -0.05) is 6.92 Å². The van der Waals surface area contributed by atoms with Gasteiger partial charge in [0.25, 0.3) is 5.91 Å². The fourth-order valence-corrected chi connectivity index (χ4v) is 2.33. The van der Waals surface area contributed by atoms with Crippen molar-refractivity contribution in [3.05, 3.63) is 20.8 Å². The van der Waals surface area contributed by atoms with Gasteiger partial charge in [0.15, 0.2) is 4.75 Å². The van der Waals surface area contributed by atoms with Crippen LogP contribution in [0.3, 0.4) is 0 Å². The Morgan fingerprint density at radius 3 is 1.79 bits per heavy atom. The third-order valence-electron chi connectivity index (χ3n) is 2.13. The zero-order chi connectivity index (χ0) is 15.0. The van der Waals surface area contributed by atoms with Gasteiger partial charge in [0, 0.05) is 0 Å². The third kappa shape index (κ3) is 6.62. The van der Waals surface area contributed by atoms with Crippen LogP contribution in [0.1, 0.15) is 27.2 Å². The van der Waals surface area contributed by atoms with Gasteiger partial charge >= 0.3 is 32.7 Å². The summed E-state index contributed by atoms with van der Waals surface area (Å²) in [5.41, 5.74) is 1.33. The van der Waals surface area contributed by atoms with E-state index in [0.717, 1.165) is 10.7 Å². The van der Waals surface area contributed by atoms with E-state index in [1.807, 2.05) is 6.92 Å². The molecule has 0 saturated carbocycles. The second kappa shape index (κ2) is 11.1. The first-order chi connectivity index (χ1) is 8.16. The molecular weight excluding hydrogens is 345 g/mol. The Balaban J connectivity index is -0.000000580. The molecule has 0 heterocycles. The summed E-state index contributed by atoms with van der Waals surface area (Å²) in [4.78, 5) is 11.2. The van der Waals surface area contributed by atoms with Gasteiger partial charge in [-0.05, 0) is 13.8 Å². The van der Waals surface area contributed by atoms with Crippen LogP contribution in [0.4, 0.5) is 0 Å². The number of nitrogens with one attached hydrogen (secondary N) is 1. The quantitative estimate of drug-likeness (QED) is 0.427. The van der Waals surface area contributed by atoms with Crippen LogP contribution in [0.2, 0.25) is 0 Å². The van der Waals surface area contributed by atoms with Gasteiger partial charge in [-0.15, -0.1) is 13.1 Å². The molecule has 0 aliphatic heterocycles. The minimum atomic E-state index is -3.88. The van der Waals surface area contributed by atoms with Crippen LogP contribution in [-0.4, -0.2) is 41.7 Å². The average Bonchev–Trinajstić information content (AvgIpc) is 2.29. The molecule has 110 valence electrons. The van der Waals surface area contributed by atoms with E-state index < -0.39 is 20.7 Å². The fourth-order valence-electron chi connectivity index (χ4n) is 0.927. The number of hydrogen-bond acceptors (Lipinski definition) is 4. The SMILES string of the molecule is [CH2-]CC.[CH2-]CN(C[CH2-])S(=O)(=O)C(C)(C)C(=O)NO.[Y+3]. The molecule has 1 amide bonds. The molecule has 0 aromatic rings. The number of nitrogens with zero attached hydrogens (tertiary/aromatic N) is 1. The Bertz CT molecular complexity index is 341. The van der Waals surface area contributed by atoms with Crippen molar-refractivity contribution in [2.45, 2.75) is 31.9 Å². The van der Waals surface area contributed by atoms with Crippen LogP contribution in [0, 0.1) is 20.8 Å². The van der Waals surface area contributed by atoms with Gasteiger partial charge in [0.2, 0.25) is 10.0 Å². The predicted octanol–water partition coefficient (Wildman–Crippen LogP) is 0.798. The number of amides is 1. The van der Waals surface area contributed by atoms with E-state index in [0.29, 0.717) is 0 Å². The molecule has 0 unspecified atom stereocenters. The van der Waals surface area contributed by atoms with Crippen LogP contribution < -0.4 is 5.48 Å². The first-order valence-corrected chi connectivity index (χ1v) is 6.93. The van der Waals surface area contributed by atoms with Crippen molar-refractivity contribution >= 4 is 15.9 Å². The van der Waals surface area contributed by atoms with Crippen LogP contribution in [-0.2, 0) is 47.5 Å². The van der Waals surface area contributed by atoms with Gasteiger partial charge in [0.05, 0.1) is 0 Å². The maximum absolute atomic E-state index is 11.9. The van der Waals surface area contributed by atoms with Crippen molar-refractivity contribution in [1.82, 2.24) is 9.79 Å². The number of sulfonamides is 1. The molecular formula is C11H23N2O4SY. The number of hydrogen-bond donors (Lipinski definition) is 2. The van der Waals surface area contributed by atoms with Crippen molar-refractivity contribution < 1.29 is 51.1 Å². The minimum Gasteiger partial charge on any atom is -0.344 e. The molecule has 0 spiro atoms. The summed E-state index contributed by atoms with van der Waals surface area (Å²) in [6.45, 7) is 14.7. The second-order valence-electron chi connectivity index (χ2n) is 3.86. The van der Waals surface area contributed by atoms with Gasteiger partial charge in [-0.2, -0.15) is 6.42 Å². The summed E-state index contributed by atoms with van der Waals surface area (Å²) in [6.07, 6.45) is 1.00. The number of carbonyl (C=O) groups excluding carboxylic acids is 1.